The van der Waals surface area contributed by atoms with E-state index < -0.39 is 0 Å². The predicted molar refractivity (Wildman–Crippen MR) is 111 cm³/mol. The van der Waals surface area contributed by atoms with Gasteiger partial charge >= 0.3 is 12.1 Å². The van der Waals surface area contributed by atoms with E-state index in [1.165, 1.54) is 24.2 Å². The molecular weight excluding hydrogens is 398 g/mol. The van der Waals surface area contributed by atoms with Crippen molar-refractivity contribution < 1.29 is 9.59 Å². The molecule has 1 fully saturated rings. The number of anilines is 2. The van der Waals surface area contributed by atoms with E-state index in [4.69, 9.17) is 11.6 Å². The van der Waals surface area contributed by atoms with Crippen LogP contribution in [-0.4, -0.2) is 34.5 Å². The van der Waals surface area contributed by atoms with E-state index in [0.29, 0.717) is 35.4 Å². The van der Waals surface area contributed by atoms with Gasteiger partial charge in [-0.1, -0.05) is 41.8 Å². The van der Waals surface area contributed by atoms with Gasteiger partial charge in [-0.05, 0) is 31.0 Å². The standard InChI is InChI=1S/C19H22ClN5O2S/c20-12-4-3-7-14(10-12)22-19(27)25-9-8-15-16(11-25)28-18(23-15)24-17(26)21-13-5-1-2-6-13/h3-4,7,10,13H,1-2,5-6,8-9,11H2,(H,22,27)(H2,21,23,24,26). The Bertz CT molecular complexity index is 881. The van der Waals surface area contributed by atoms with Crippen LogP contribution < -0.4 is 16.0 Å². The second-order valence-corrected chi connectivity index (χ2v) is 8.60. The van der Waals surface area contributed by atoms with Gasteiger partial charge in [0.1, 0.15) is 0 Å². The minimum Gasteiger partial charge on any atom is -0.335 e. The van der Waals surface area contributed by atoms with Crippen LogP contribution >= 0.6 is 22.9 Å². The van der Waals surface area contributed by atoms with Gasteiger partial charge in [-0.15, -0.1) is 0 Å². The molecule has 4 rings (SSSR count). The molecule has 0 spiro atoms. The van der Waals surface area contributed by atoms with Gasteiger partial charge in [-0.25, -0.2) is 14.6 Å². The lowest BCUT2D eigenvalue weighted by Crippen LogP contribution is -2.38. The number of hydrogen-bond acceptors (Lipinski definition) is 4. The van der Waals surface area contributed by atoms with Crippen molar-refractivity contribution in [2.24, 2.45) is 0 Å². The van der Waals surface area contributed by atoms with E-state index in [1.54, 1.807) is 29.2 Å². The van der Waals surface area contributed by atoms with E-state index in [-0.39, 0.29) is 18.1 Å². The second kappa shape index (κ2) is 8.36. The summed E-state index contributed by atoms with van der Waals surface area (Å²) in [6.07, 6.45) is 5.09. The molecule has 1 aliphatic heterocycles. The SMILES string of the molecule is O=C(Nc1nc2c(s1)CN(C(=O)Nc1cccc(Cl)c1)CC2)NC1CCCC1. The smallest absolute Gasteiger partial charge is 0.322 e. The Morgan fingerprint density at radius 2 is 2.04 bits per heavy atom. The molecule has 1 aliphatic carbocycles. The average Bonchev–Trinajstić information content (AvgIpc) is 3.29. The van der Waals surface area contributed by atoms with Crippen molar-refractivity contribution in [3.05, 3.63) is 39.9 Å². The molecule has 148 valence electrons. The molecular formula is C19H22ClN5O2S. The summed E-state index contributed by atoms with van der Waals surface area (Å²) in [6, 6.07) is 6.97. The first-order valence-corrected chi connectivity index (χ1v) is 10.6. The molecule has 2 aliphatic rings. The Balaban J connectivity index is 1.34. The maximum atomic E-state index is 12.5. The predicted octanol–water partition coefficient (Wildman–Crippen LogP) is 4.45. The number of halogens is 1. The van der Waals surface area contributed by atoms with E-state index >= 15 is 0 Å². The van der Waals surface area contributed by atoms with E-state index in [9.17, 15) is 9.59 Å². The minimum absolute atomic E-state index is 0.171. The van der Waals surface area contributed by atoms with Gasteiger partial charge in [0, 0.05) is 34.6 Å². The Hall–Kier alpha value is -2.32. The molecule has 2 heterocycles. The normalized spacial score (nSPS) is 16.5. The zero-order valence-corrected chi connectivity index (χ0v) is 16.9. The van der Waals surface area contributed by atoms with E-state index in [0.717, 1.165) is 23.4 Å². The molecule has 2 aromatic rings. The summed E-state index contributed by atoms with van der Waals surface area (Å²) in [5, 5.41) is 9.87. The highest BCUT2D eigenvalue weighted by Crippen LogP contribution is 2.29. The number of thiazole rings is 1. The van der Waals surface area contributed by atoms with Crippen LogP contribution in [0.4, 0.5) is 20.4 Å². The second-order valence-electron chi connectivity index (χ2n) is 7.08. The summed E-state index contributed by atoms with van der Waals surface area (Å²) < 4.78 is 0. The van der Waals surface area contributed by atoms with Crippen LogP contribution in [0.25, 0.3) is 0 Å². The van der Waals surface area contributed by atoms with E-state index in [1.807, 2.05) is 0 Å². The minimum atomic E-state index is -0.200. The number of fused-ring (bicyclic) bond motifs is 1. The van der Waals surface area contributed by atoms with Crippen molar-refractivity contribution in [2.75, 3.05) is 17.2 Å². The van der Waals surface area contributed by atoms with E-state index in [2.05, 4.69) is 20.9 Å². The fourth-order valence-corrected chi connectivity index (χ4v) is 4.79. The average molecular weight is 420 g/mol. The molecule has 28 heavy (non-hydrogen) atoms. The van der Waals surface area contributed by atoms with Gasteiger partial charge in [0.2, 0.25) is 0 Å². The first kappa shape index (κ1) is 19.0. The Morgan fingerprint density at radius 1 is 1.21 bits per heavy atom. The molecule has 7 nitrogen and oxygen atoms in total. The molecule has 0 radical (unpaired) electrons. The molecule has 9 heteroatoms. The summed E-state index contributed by atoms with van der Waals surface area (Å²) >= 11 is 7.39. The largest absolute Gasteiger partial charge is 0.335 e. The number of urea groups is 2. The number of benzene rings is 1. The van der Waals surface area contributed by atoms with Gasteiger partial charge in [0.15, 0.2) is 5.13 Å². The van der Waals surface area contributed by atoms with Gasteiger partial charge in [0.05, 0.1) is 12.2 Å². The van der Waals surface area contributed by atoms with Gasteiger partial charge < -0.3 is 15.5 Å². The van der Waals surface area contributed by atoms with Crippen molar-refractivity contribution >= 4 is 45.8 Å². The third-order valence-corrected chi connectivity index (χ3v) is 6.24. The van der Waals surface area contributed by atoms with Crippen LogP contribution in [0.3, 0.4) is 0 Å². The molecule has 0 saturated heterocycles. The van der Waals surface area contributed by atoms with Gasteiger partial charge in [-0.2, -0.15) is 0 Å². The van der Waals surface area contributed by atoms with Gasteiger partial charge in [-0.3, -0.25) is 5.32 Å². The molecule has 0 atom stereocenters. The number of rotatable bonds is 3. The summed E-state index contributed by atoms with van der Waals surface area (Å²) in [7, 11) is 0. The highest BCUT2D eigenvalue weighted by atomic mass is 35.5. The van der Waals surface area contributed by atoms with Crippen molar-refractivity contribution in [1.29, 1.82) is 0 Å². The number of nitrogens with zero attached hydrogens (tertiary/aromatic N) is 2. The van der Waals surface area contributed by atoms with Crippen LogP contribution in [0.15, 0.2) is 24.3 Å². The van der Waals surface area contributed by atoms with Crippen LogP contribution in [0, 0.1) is 0 Å². The Labute approximate surface area is 172 Å². The first-order chi connectivity index (χ1) is 13.6. The number of aromatic nitrogens is 1. The molecule has 1 aromatic heterocycles. The Kier molecular flexibility index (Phi) is 5.68. The molecule has 0 unspecified atom stereocenters. The van der Waals surface area contributed by atoms with Crippen LogP contribution in [-0.2, 0) is 13.0 Å². The first-order valence-electron chi connectivity index (χ1n) is 9.44. The highest BCUT2D eigenvalue weighted by molar-refractivity contribution is 7.15. The Morgan fingerprint density at radius 3 is 2.82 bits per heavy atom. The lowest BCUT2D eigenvalue weighted by atomic mass is 10.2. The monoisotopic (exact) mass is 419 g/mol. The third kappa shape index (κ3) is 4.56. The fraction of sp³-hybridized carbons (Fsp3) is 0.421. The van der Waals surface area contributed by atoms with Crippen LogP contribution in [0.2, 0.25) is 5.02 Å². The van der Waals surface area contributed by atoms with Crippen molar-refractivity contribution in [3.63, 3.8) is 0 Å². The van der Waals surface area contributed by atoms with Gasteiger partial charge in [0.25, 0.3) is 0 Å². The number of carbonyl (C=O) groups excluding carboxylic acids is 2. The number of hydrogen-bond donors (Lipinski definition) is 3. The summed E-state index contributed by atoms with van der Waals surface area (Å²) in [5.41, 5.74) is 1.62. The topological polar surface area (TPSA) is 86.4 Å². The molecule has 0 bridgehead atoms. The summed E-state index contributed by atoms with van der Waals surface area (Å²) in [4.78, 5) is 32.0. The molecule has 1 saturated carbocycles. The van der Waals surface area contributed by atoms with Crippen LogP contribution in [0.1, 0.15) is 36.3 Å². The van der Waals surface area contributed by atoms with Crippen LogP contribution in [0.5, 0.6) is 0 Å². The lowest BCUT2D eigenvalue weighted by Gasteiger charge is -2.26. The molecule has 4 amide bonds. The molecule has 3 N–H and O–H groups in total. The quantitative estimate of drug-likeness (QED) is 0.686. The van der Waals surface area contributed by atoms with Crippen molar-refractivity contribution in [3.8, 4) is 0 Å². The number of nitrogens with one attached hydrogen (secondary N) is 3. The van der Waals surface area contributed by atoms with Crippen molar-refractivity contribution in [2.45, 2.75) is 44.7 Å². The fourth-order valence-electron chi connectivity index (χ4n) is 3.58. The maximum absolute atomic E-state index is 12.5. The van der Waals surface area contributed by atoms with Crippen molar-refractivity contribution in [1.82, 2.24) is 15.2 Å². The maximum Gasteiger partial charge on any atom is 0.322 e. The number of carbonyl (C=O) groups is 2. The summed E-state index contributed by atoms with van der Waals surface area (Å²) in [5.74, 6) is 0. The molecule has 1 aromatic carbocycles. The summed E-state index contributed by atoms with van der Waals surface area (Å²) in [6.45, 7) is 1.06. The highest BCUT2D eigenvalue weighted by Gasteiger charge is 2.25. The lowest BCUT2D eigenvalue weighted by molar-refractivity contribution is 0.207. The number of amides is 4. The zero-order valence-electron chi connectivity index (χ0n) is 15.3. The third-order valence-electron chi connectivity index (χ3n) is 5.01. The zero-order chi connectivity index (χ0) is 19.5.